The Labute approximate surface area is 89.4 Å². The molecule has 0 aliphatic heterocycles. The first-order chi connectivity index (χ1) is 6.29. The van der Waals surface area contributed by atoms with Crippen LogP contribution in [0.5, 0.6) is 0 Å². The van der Waals surface area contributed by atoms with E-state index in [2.05, 4.69) is 60.3 Å². The van der Waals surface area contributed by atoms with E-state index in [9.17, 15) is 0 Å². The molecule has 0 rings (SSSR count). The van der Waals surface area contributed by atoms with E-state index >= 15 is 0 Å². The van der Waals surface area contributed by atoms with Gasteiger partial charge in [-0.05, 0) is 36.8 Å². The van der Waals surface area contributed by atoms with Gasteiger partial charge in [-0.3, -0.25) is 0 Å². The van der Waals surface area contributed by atoms with Crippen molar-refractivity contribution in [2.75, 3.05) is 0 Å². The number of rotatable bonds is 3. The maximum Gasteiger partial charge on any atom is -0.0138 e. The van der Waals surface area contributed by atoms with E-state index in [0.717, 1.165) is 6.42 Å². The van der Waals surface area contributed by atoms with Crippen LogP contribution in [-0.4, -0.2) is 0 Å². The Hall–Kier alpha value is -0.780. The zero-order valence-corrected chi connectivity index (χ0v) is 10.6. The molecule has 0 N–H and O–H groups in total. The lowest BCUT2D eigenvalue weighted by Crippen LogP contribution is -2.05. The summed E-state index contributed by atoms with van der Waals surface area (Å²) in [4.78, 5) is 0. The van der Waals surface area contributed by atoms with Crippen LogP contribution >= 0.6 is 0 Å². The van der Waals surface area contributed by atoms with Gasteiger partial charge in [0.25, 0.3) is 0 Å². The van der Waals surface area contributed by atoms with Crippen molar-refractivity contribution >= 4 is 0 Å². The molecular formula is C14H24. The molecule has 0 heteroatoms. The lowest BCUT2D eigenvalue weighted by molar-refractivity contribution is 0.519. The molecule has 0 heterocycles. The van der Waals surface area contributed by atoms with E-state index in [4.69, 9.17) is 0 Å². The van der Waals surface area contributed by atoms with Crippen LogP contribution in [0.2, 0.25) is 0 Å². The van der Waals surface area contributed by atoms with Gasteiger partial charge in [0.15, 0.2) is 0 Å². The van der Waals surface area contributed by atoms with Gasteiger partial charge in [-0.15, -0.1) is 0 Å². The van der Waals surface area contributed by atoms with Crippen molar-refractivity contribution in [1.82, 2.24) is 0 Å². The third-order valence-corrected chi connectivity index (χ3v) is 2.47. The fourth-order valence-corrected chi connectivity index (χ4v) is 1.09. The predicted octanol–water partition coefficient (Wildman–Crippen LogP) is 4.89. The van der Waals surface area contributed by atoms with E-state index in [1.807, 2.05) is 0 Å². The molecule has 14 heavy (non-hydrogen) atoms. The number of hydrogen-bond donors (Lipinski definition) is 0. The van der Waals surface area contributed by atoms with Crippen molar-refractivity contribution in [2.24, 2.45) is 5.41 Å². The predicted molar refractivity (Wildman–Crippen MR) is 66.4 cm³/mol. The van der Waals surface area contributed by atoms with Gasteiger partial charge in [0, 0.05) is 0 Å². The molecule has 0 aromatic heterocycles. The van der Waals surface area contributed by atoms with Crippen LogP contribution in [0.1, 0.15) is 48.0 Å². The lowest BCUT2D eigenvalue weighted by atomic mass is 9.87. The van der Waals surface area contributed by atoms with Crippen LogP contribution in [0.15, 0.2) is 35.5 Å². The second kappa shape index (κ2) is 5.19. The molecule has 0 unspecified atom stereocenters. The number of allylic oxidation sites excluding steroid dienone is 5. The first-order valence-electron chi connectivity index (χ1n) is 5.32. The third kappa shape index (κ3) is 4.45. The van der Waals surface area contributed by atoms with Gasteiger partial charge >= 0.3 is 0 Å². The Morgan fingerprint density at radius 1 is 1.14 bits per heavy atom. The molecule has 0 aromatic rings. The van der Waals surface area contributed by atoms with Crippen LogP contribution in [0.3, 0.4) is 0 Å². The lowest BCUT2D eigenvalue weighted by Gasteiger charge is -2.18. The quantitative estimate of drug-likeness (QED) is 0.558. The average molecular weight is 192 g/mol. The maximum atomic E-state index is 4.08. The molecule has 0 aliphatic carbocycles. The highest BCUT2D eigenvalue weighted by molar-refractivity contribution is 5.31. The standard InChI is InChI=1S/C14H24/c1-8-13(11(2)3)10-9-12(4)14(5,6)7/h9-10H,4,8H2,1-3,5-7H3/b10-9-. The Kier molecular flexibility index (Phi) is 4.90. The molecular weight excluding hydrogens is 168 g/mol. The fraction of sp³-hybridized carbons (Fsp3) is 0.571. The average Bonchev–Trinajstić information content (AvgIpc) is 2.02. The highest BCUT2D eigenvalue weighted by Crippen LogP contribution is 2.25. The summed E-state index contributed by atoms with van der Waals surface area (Å²) in [5.74, 6) is 0. The molecule has 0 saturated heterocycles. The number of hydrogen-bond acceptors (Lipinski definition) is 0. The molecule has 0 atom stereocenters. The van der Waals surface area contributed by atoms with Gasteiger partial charge in [0.2, 0.25) is 0 Å². The van der Waals surface area contributed by atoms with Crippen LogP contribution in [-0.2, 0) is 0 Å². The first-order valence-corrected chi connectivity index (χ1v) is 5.32. The summed E-state index contributed by atoms with van der Waals surface area (Å²) in [6, 6.07) is 0. The first kappa shape index (κ1) is 13.2. The van der Waals surface area contributed by atoms with Crippen LogP contribution in [0.25, 0.3) is 0 Å². The molecule has 0 amide bonds. The molecule has 0 nitrogen and oxygen atoms in total. The third-order valence-electron chi connectivity index (χ3n) is 2.47. The van der Waals surface area contributed by atoms with E-state index < -0.39 is 0 Å². The monoisotopic (exact) mass is 192 g/mol. The molecule has 0 fully saturated rings. The fourth-order valence-electron chi connectivity index (χ4n) is 1.09. The minimum Gasteiger partial charge on any atom is -0.0953 e. The zero-order valence-electron chi connectivity index (χ0n) is 10.6. The van der Waals surface area contributed by atoms with E-state index in [-0.39, 0.29) is 5.41 Å². The topological polar surface area (TPSA) is 0 Å². The van der Waals surface area contributed by atoms with Gasteiger partial charge in [0.05, 0.1) is 0 Å². The van der Waals surface area contributed by atoms with Crippen molar-refractivity contribution in [2.45, 2.75) is 48.0 Å². The van der Waals surface area contributed by atoms with Gasteiger partial charge in [-0.2, -0.15) is 0 Å². The minimum atomic E-state index is 0.178. The second-order valence-corrected chi connectivity index (χ2v) is 4.99. The van der Waals surface area contributed by atoms with Crippen LogP contribution in [0.4, 0.5) is 0 Å². The van der Waals surface area contributed by atoms with Crippen LogP contribution in [0, 0.1) is 5.41 Å². The van der Waals surface area contributed by atoms with Crippen molar-refractivity contribution in [3.63, 3.8) is 0 Å². The Morgan fingerprint density at radius 2 is 1.64 bits per heavy atom. The van der Waals surface area contributed by atoms with Crippen molar-refractivity contribution in [3.05, 3.63) is 35.5 Å². The molecule has 0 aliphatic rings. The molecule has 0 saturated carbocycles. The van der Waals surface area contributed by atoms with Gasteiger partial charge < -0.3 is 0 Å². The maximum absolute atomic E-state index is 4.08. The summed E-state index contributed by atoms with van der Waals surface area (Å²) in [7, 11) is 0. The minimum absolute atomic E-state index is 0.178. The molecule has 0 spiro atoms. The SMILES string of the molecule is C=C(/C=C\C(CC)=C(C)C)C(C)(C)C. The van der Waals surface area contributed by atoms with Gasteiger partial charge in [-0.25, -0.2) is 0 Å². The van der Waals surface area contributed by atoms with E-state index in [1.165, 1.54) is 16.7 Å². The summed E-state index contributed by atoms with van der Waals surface area (Å²) in [5.41, 5.74) is 4.17. The summed E-state index contributed by atoms with van der Waals surface area (Å²) in [6.45, 7) is 17.1. The van der Waals surface area contributed by atoms with Crippen molar-refractivity contribution in [1.29, 1.82) is 0 Å². The van der Waals surface area contributed by atoms with Crippen molar-refractivity contribution in [3.8, 4) is 0 Å². The van der Waals surface area contributed by atoms with E-state index in [1.54, 1.807) is 0 Å². The van der Waals surface area contributed by atoms with E-state index in [0.29, 0.717) is 0 Å². The van der Waals surface area contributed by atoms with Gasteiger partial charge in [-0.1, -0.05) is 52.0 Å². The normalized spacial score (nSPS) is 11.9. The molecule has 80 valence electrons. The Morgan fingerprint density at radius 3 is 1.93 bits per heavy atom. The summed E-state index contributed by atoms with van der Waals surface area (Å²) >= 11 is 0. The van der Waals surface area contributed by atoms with Crippen molar-refractivity contribution < 1.29 is 0 Å². The largest absolute Gasteiger partial charge is 0.0953 e. The molecule has 0 radical (unpaired) electrons. The molecule has 0 bridgehead atoms. The highest BCUT2D eigenvalue weighted by atomic mass is 14.2. The second-order valence-electron chi connectivity index (χ2n) is 4.99. The Balaban J connectivity index is 4.61. The summed E-state index contributed by atoms with van der Waals surface area (Å²) in [5, 5.41) is 0. The highest BCUT2D eigenvalue weighted by Gasteiger charge is 2.11. The smallest absolute Gasteiger partial charge is 0.0138 e. The molecule has 0 aromatic carbocycles. The van der Waals surface area contributed by atoms with Crippen LogP contribution < -0.4 is 0 Å². The van der Waals surface area contributed by atoms with Gasteiger partial charge in [0.1, 0.15) is 0 Å². The Bertz CT molecular complexity index is 252. The summed E-state index contributed by atoms with van der Waals surface area (Å²) in [6.07, 6.45) is 5.44. The summed E-state index contributed by atoms with van der Waals surface area (Å²) < 4.78 is 0. The zero-order chi connectivity index (χ0) is 11.4.